The number of anilines is 3. The third kappa shape index (κ3) is 4.22. The zero-order chi connectivity index (χ0) is 34.5. The van der Waals surface area contributed by atoms with Crippen molar-refractivity contribution in [3.63, 3.8) is 0 Å². The Morgan fingerprint density at radius 3 is 1.73 bits per heavy atom. The summed E-state index contributed by atoms with van der Waals surface area (Å²) in [6.07, 6.45) is 0. The topological polar surface area (TPSA) is 3.24 Å². The van der Waals surface area contributed by atoms with Gasteiger partial charge in [-0.1, -0.05) is 167 Å². The van der Waals surface area contributed by atoms with Gasteiger partial charge in [-0.3, -0.25) is 0 Å². The molecule has 0 fully saturated rings. The summed E-state index contributed by atoms with van der Waals surface area (Å²) in [7, 11) is 0. The van der Waals surface area contributed by atoms with Crippen LogP contribution in [0.3, 0.4) is 0 Å². The van der Waals surface area contributed by atoms with Crippen molar-refractivity contribution >= 4 is 38.6 Å². The molecule has 8 aromatic carbocycles. The number of benzene rings is 8. The maximum Gasteiger partial charge on any atom is 0.0549 e. The molecule has 0 heterocycles. The molecule has 0 spiro atoms. The van der Waals surface area contributed by atoms with Crippen molar-refractivity contribution in [3.8, 4) is 33.4 Å². The van der Waals surface area contributed by atoms with Crippen LogP contribution in [0.15, 0.2) is 164 Å². The molecular weight excluding hydrogens is 615 g/mol. The van der Waals surface area contributed by atoms with E-state index >= 15 is 0 Å². The molecule has 2 aliphatic rings. The van der Waals surface area contributed by atoms with Crippen LogP contribution < -0.4 is 4.90 Å². The molecule has 0 radical (unpaired) electrons. The van der Waals surface area contributed by atoms with Crippen molar-refractivity contribution in [1.82, 2.24) is 0 Å². The molecule has 10 rings (SSSR count). The summed E-state index contributed by atoms with van der Waals surface area (Å²) in [4.78, 5) is 2.57. The standard InChI is InChI=1S/C50H39N/c1-49(2)42-24-11-9-20-39(42)40-23-14-26-44(47(40)49)51(35-29-27-33(28-30-35)37-22-13-17-32-15-5-7-18-36(32)37)45-31-34-16-6-8-19-38(34)48-46(45)41-21-10-12-25-43(41)50(48,3)4/h5-31H,1-4H3. The number of rotatable bonds is 4. The predicted molar refractivity (Wildman–Crippen MR) is 217 cm³/mol. The maximum absolute atomic E-state index is 2.57. The zero-order valence-corrected chi connectivity index (χ0v) is 29.5. The first-order valence-corrected chi connectivity index (χ1v) is 18.1. The van der Waals surface area contributed by atoms with Crippen molar-refractivity contribution in [3.05, 3.63) is 186 Å². The Bertz CT molecular complexity index is 2690. The van der Waals surface area contributed by atoms with E-state index in [9.17, 15) is 0 Å². The van der Waals surface area contributed by atoms with Crippen LogP contribution in [-0.4, -0.2) is 0 Å². The van der Waals surface area contributed by atoms with Crippen LogP contribution in [0.2, 0.25) is 0 Å². The van der Waals surface area contributed by atoms with Gasteiger partial charge in [0.15, 0.2) is 0 Å². The fourth-order valence-electron chi connectivity index (χ4n) is 9.49. The first kappa shape index (κ1) is 29.9. The minimum atomic E-state index is -0.180. The van der Waals surface area contributed by atoms with Gasteiger partial charge in [0, 0.05) is 22.1 Å². The normalized spacial score (nSPS) is 14.6. The summed E-state index contributed by atoms with van der Waals surface area (Å²) >= 11 is 0. The number of hydrogen-bond acceptors (Lipinski definition) is 1. The van der Waals surface area contributed by atoms with Gasteiger partial charge in [0.2, 0.25) is 0 Å². The molecule has 0 saturated heterocycles. The van der Waals surface area contributed by atoms with Crippen LogP contribution >= 0.6 is 0 Å². The number of hydrogen-bond donors (Lipinski definition) is 0. The molecule has 0 aliphatic heterocycles. The molecule has 51 heavy (non-hydrogen) atoms. The van der Waals surface area contributed by atoms with Crippen LogP contribution in [0.4, 0.5) is 17.1 Å². The fraction of sp³-hybridized carbons (Fsp3) is 0.120. The number of fused-ring (bicyclic) bond motifs is 9. The second-order valence-electron chi connectivity index (χ2n) is 15.3. The van der Waals surface area contributed by atoms with Gasteiger partial charge in [-0.15, -0.1) is 0 Å². The van der Waals surface area contributed by atoms with Crippen LogP contribution in [0.1, 0.15) is 49.9 Å². The van der Waals surface area contributed by atoms with Crippen LogP contribution in [-0.2, 0) is 10.8 Å². The van der Waals surface area contributed by atoms with Crippen molar-refractivity contribution in [2.75, 3.05) is 4.90 Å². The van der Waals surface area contributed by atoms with Gasteiger partial charge < -0.3 is 4.90 Å². The lowest BCUT2D eigenvalue weighted by Crippen LogP contribution is -2.21. The molecule has 2 aliphatic carbocycles. The Kier molecular flexibility index (Phi) is 6.34. The summed E-state index contributed by atoms with van der Waals surface area (Å²) in [6, 6.07) is 60.9. The van der Waals surface area contributed by atoms with E-state index in [4.69, 9.17) is 0 Å². The molecule has 0 aromatic heterocycles. The van der Waals surface area contributed by atoms with Crippen molar-refractivity contribution in [1.29, 1.82) is 0 Å². The smallest absolute Gasteiger partial charge is 0.0549 e. The summed E-state index contributed by atoms with van der Waals surface area (Å²) in [5.41, 5.74) is 16.6. The molecule has 0 amide bonds. The predicted octanol–water partition coefficient (Wildman–Crippen LogP) is 13.7. The fourth-order valence-corrected chi connectivity index (χ4v) is 9.49. The Labute approximate surface area is 300 Å². The van der Waals surface area contributed by atoms with E-state index in [0.717, 1.165) is 5.69 Å². The van der Waals surface area contributed by atoms with Crippen LogP contribution in [0.5, 0.6) is 0 Å². The van der Waals surface area contributed by atoms with Crippen molar-refractivity contribution in [2.24, 2.45) is 0 Å². The Morgan fingerprint density at radius 1 is 0.392 bits per heavy atom. The van der Waals surface area contributed by atoms with Gasteiger partial charge in [0.25, 0.3) is 0 Å². The molecule has 244 valence electrons. The average Bonchev–Trinajstić information content (AvgIpc) is 3.56. The molecular formula is C50H39N. The first-order chi connectivity index (χ1) is 24.8. The first-order valence-electron chi connectivity index (χ1n) is 18.1. The van der Waals surface area contributed by atoms with Gasteiger partial charge in [-0.2, -0.15) is 0 Å². The monoisotopic (exact) mass is 653 g/mol. The summed E-state index contributed by atoms with van der Waals surface area (Å²) in [6.45, 7) is 9.59. The highest BCUT2D eigenvalue weighted by Crippen LogP contribution is 2.59. The molecule has 1 heteroatoms. The molecule has 0 bridgehead atoms. The van der Waals surface area contributed by atoms with Gasteiger partial charge in [0.1, 0.15) is 0 Å². The minimum Gasteiger partial charge on any atom is -0.310 e. The van der Waals surface area contributed by atoms with Gasteiger partial charge >= 0.3 is 0 Å². The zero-order valence-electron chi connectivity index (χ0n) is 29.5. The molecule has 0 unspecified atom stereocenters. The quantitative estimate of drug-likeness (QED) is 0.183. The Morgan fingerprint density at radius 2 is 0.941 bits per heavy atom. The SMILES string of the molecule is CC1(C)c2ccccc2-c2cccc(N(c3ccc(-c4cccc5ccccc45)cc3)c3cc4ccccc4c4c3-c3ccccc3C4(C)C)c21. The van der Waals surface area contributed by atoms with E-state index in [2.05, 4.69) is 196 Å². The van der Waals surface area contributed by atoms with E-state index in [1.807, 2.05) is 0 Å². The van der Waals surface area contributed by atoms with Crippen LogP contribution in [0, 0.1) is 0 Å². The molecule has 8 aromatic rings. The summed E-state index contributed by atoms with van der Waals surface area (Å²) < 4.78 is 0. The third-order valence-corrected chi connectivity index (χ3v) is 11.8. The lowest BCUT2D eigenvalue weighted by atomic mass is 9.79. The molecule has 1 nitrogen and oxygen atoms in total. The van der Waals surface area contributed by atoms with Gasteiger partial charge in [0.05, 0.1) is 11.4 Å². The van der Waals surface area contributed by atoms with Gasteiger partial charge in [-0.25, -0.2) is 0 Å². The molecule has 0 atom stereocenters. The highest BCUT2D eigenvalue weighted by Gasteiger charge is 2.42. The van der Waals surface area contributed by atoms with E-state index in [1.54, 1.807) is 0 Å². The summed E-state index contributed by atoms with van der Waals surface area (Å²) in [5.74, 6) is 0. The van der Waals surface area contributed by atoms with E-state index in [-0.39, 0.29) is 10.8 Å². The average molecular weight is 654 g/mol. The molecule has 0 saturated carbocycles. The Hall–Kier alpha value is -5.92. The lowest BCUT2D eigenvalue weighted by molar-refractivity contribution is 0.660. The van der Waals surface area contributed by atoms with E-state index in [0.29, 0.717) is 0 Å². The van der Waals surface area contributed by atoms with Crippen molar-refractivity contribution in [2.45, 2.75) is 38.5 Å². The Balaban J connectivity index is 1.28. The second kappa shape index (κ2) is 10.8. The van der Waals surface area contributed by atoms with Gasteiger partial charge in [-0.05, 0) is 95.9 Å². The second-order valence-corrected chi connectivity index (χ2v) is 15.3. The summed E-state index contributed by atoms with van der Waals surface area (Å²) in [5, 5.41) is 5.13. The van der Waals surface area contributed by atoms with Crippen LogP contribution in [0.25, 0.3) is 54.9 Å². The van der Waals surface area contributed by atoms with Crippen molar-refractivity contribution < 1.29 is 0 Å². The third-order valence-electron chi connectivity index (χ3n) is 11.8. The largest absolute Gasteiger partial charge is 0.310 e. The minimum absolute atomic E-state index is 0.153. The van der Waals surface area contributed by atoms with E-state index < -0.39 is 0 Å². The molecule has 0 N–H and O–H groups in total. The lowest BCUT2D eigenvalue weighted by Gasteiger charge is -2.34. The van der Waals surface area contributed by atoms with E-state index in [1.165, 1.54) is 88.6 Å². The maximum atomic E-state index is 2.57. The highest BCUT2D eigenvalue weighted by molar-refractivity contribution is 6.07. The highest BCUT2D eigenvalue weighted by atomic mass is 15.1. The number of nitrogens with zero attached hydrogens (tertiary/aromatic N) is 1.